The van der Waals surface area contributed by atoms with Crippen LogP contribution in [0.4, 0.5) is 0 Å². The van der Waals surface area contributed by atoms with E-state index < -0.39 is 0 Å². The van der Waals surface area contributed by atoms with Crippen LogP contribution in [-0.2, 0) is 0 Å². The number of hydrazine groups is 1. The normalized spacial score (nSPS) is 10.2. The third-order valence-electron chi connectivity index (χ3n) is 1.75. The van der Waals surface area contributed by atoms with Gasteiger partial charge in [0.25, 0.3) is 5.91 Å². The Morgan fingerprint density at radius 2 is 1.93 bits per heavy atom. The van der Waals surface area contributed by atoms with E-state index in [2.05, 4.69) is 24.7 Å². The fourth-order valence-electron chi connectivity index (χ4n) is 0.997. The van der Waals surface area contributed by atoms with Gasteiger partial charge in [0.15, 0.2) is 0 Å². The largest absolute Gasteiger partial charge is 0.287 e. The number of benzene rings is 1. The first-order valence-electron chi connectivity index (χ1n) is 4.78. The standard InChI is InChI=1S/C11H16N2O/c1-9(2)8-12-13-11(14)10-6-4-3-5-7-10/h3-7,9,12H,8H2,1-2H3,(H,13,14). The number of carbonyl (C=O) groups is 1. The first kappa shape index (κ1) is 10.7. The highest BCUT2D eigenvalue weighted by Crippen LogP contribution is 1.96. The molecule has 0 radical (unpaired) electrons. The highest BCUT2D eigenvalue weighted by molar-refractivity contribution is 5.93. The van der Waals surface area contributed by atoms with Gasteiger partial charge in [-0.15, -0.1) is 0 Å². The molecule has 1 amide bonds. The Labute approximate surface area is 84.5 Å². The average Bonchev–Trinajstić information content (AvgIpc) is 2.18. The molecule has 2 N–H and O–H groups in total. The summed E-state index contributed by atoms with van der Waals surface area (Å²) in [6.45, 7) is 4.95. The van der Waals surface area contributed by atoms with Crippen LogP contribution in [-0.4, -0.2) is 12.5 Å². The van der Waals surface area contributed by atoms with Crippen molar-refractivity contribution >= 4 is 5.91 Å². The predicted molar refractivity (Wildman–Crippen MR) is 56.7 cm³/mol. The summed E-state index contributed by atoms with van der Waals surface area (Å²) in [6, 6.07) is 9.14. The summed E-state index contributed by atoms with van der Waals surface area (Å²) >= 11 is 0. The molecule has 0 aliphatic rings. The Bertz CT molecular complexity index is 283. The van der Waals surface area contributed by atoms with E-state index in [1.807, 2.05) is 18.2 Å². The van der Waals surface area contributed by atoms with Crippen molar-refractivity contribution in [3.63, 3.8) is 0 Å². The third-order valence-corrected chi connectivity index (χ3v) is 1.75. The van der Waals surface area contributed by atoms with E-state index in [-0.39, 0.29) is 5.91 Å². The number of hydrogen-bond donors (Lipinski definition) is 2. The molecule has 0 saturated heterocycles. The van der Waals surface area contributed by atoms with Crippen LogP contribution < -0.4 is 10.9 Å². The lowest BCUT2D eigenvalue weighted by molar-refractivity contribution is 0.0931. The summed E-state index contributed by atoms with van der Waals surface area (Å²) in [6.07, 6.45) is 0. The molecule has 0 aromatic heterocycles. The first-order chi connectivity index (χ1) is 6.70. The highest BCUT2D eigenvalue weighted by atomic mass is 16.2. The Hall–Kier alpha value is -1.35. The van der Waals surface area contributed by atoms with E-state index >= 15 is 0 Å². The van der Waals surface area contributed by atoms with Gasteiger partial charge in [0, 0.05) is 12.1 Å². The molecule has 0 atom stereocenters. The van der Waals surface area contributed by atoms with Crippen LogP contribution in [0.3, 0.4) is 0 Å². The molecule has 3 nitrogen and oxygen atoms in total. The van der Waals surface area contributed by atoms with Crippen molar-refractivity contribution in [2.45, 2.75) is 13.8 Å². The van der Waals surface area contributed by atoms with Gasteiger partial charge in [0.1, 0.15) is 0 Å². The van der Waals surface area contributed by atoms with E-state index in [0.717, 1.165) is 6.54 Å². The lowest BCUT2D eigenvalue weighted by Crippen LogP contribution is -2.39. The maximum Gasteiger partial charge on any atom is 0.265 e. The smallest absolute Gasteiger partial charge is 0.265 e. The molecule has 0 spiro atoms. The summed E-state index contributed by atoms with van der Waals surface area (Å²) < 4.78 is 0. The van der Waals surface area contributed by atoms with E-state index in [9.17, 15) is 4.79 Å². The van der Waals surface area contributed by atoms with Gasteiger partial charge < -0.3 is 0 Å². The molecule has 0 heterocycles. The fraction of sp³-hybridized carbons (Fsp3) is 0.364. The van der Waals surface area contributed by atoms with Crippen molar-refractivity contribution in [2.24, 2.45) is 5.92 Å². The van der Waals surface area contributed by atoms with Crippen molar-refractivity contribution in [3.05, 3.63) is 35.9 Å². The van der Waals surface area contributed by atoms with Crippen molar-refractivity contribution in [2.75, 3.05) is 6.54 Å². The molecule has 0 aliphatic carbocycles. The summed E-state index contributed by atoms with van der Waals surface area (Å²) in [5, 5.41) is 0. The average molecular weight is 192 g/mol. The molecule has 0 saturated carbocycles. The highest BCUT2D eigenvalue weighted by Gasteiger charge is 2.02. The van der Waals surface area contributed by atoms with Gasteiger partial charge in [0.2, 0.25) is 0 Å². The molecule has 14 heavy (non-hydrogen) atoms. The number of hydrogen-bond acceptors (Lipinski definition) is 2. The predicted octanol–water partition coefficient (Wildman–Crippen LogP) is 1.58. The first-order valence-corrected chi connectivity index (χ1v) is 4.78. The SMILES string of the molecule is CC(C)CNNC(=O)c1ccccc1. The minimum atomic E-state index is -0.0914. The van der Waals surface area contributed by atoms with Gasteiger partial charge in [-0.05, 0) is 18.1 Å². The van der Waals surface area contributed by atoms with Crippen LogP contribution in [0, 0.1) is 5.92 Å². The summed E-state index contributed by atoms with van der Waals surface area (Å²) in [5.74, 6) is 0.428. The van der Waals surface area contributed by atoms with Crippen molar-refractivity contribution in [1.82, 2.24) is 10.9 Å². The Morgan fingerprint density at radius 1 is 1.29 bits per heavy atom. The van der Waals surface area contributed by atoms with E-state index in [0.29, 0.717) is 11.5 Å². The number of carbonyl (C=O) groups excluding carboxylic acids is 1. The number of rotatable bonds is 4. The summed E-state index contributed by atoms with van der Waals surface area (Å²) in [4.78, 5) is 11.5. The zero-order valence-electron chi connectivity index (χ0n) is 8.58. The molecular weight excluding hydrogens is 176 g/mol. The van der Waals surface area contributed by atoms with E-state index in [1.165, 1.54) is 0 Å². The van der Waals surface area contributed by atoms with Crippen LogP contribution in [0.15, 0.2) is 30.3 Å². The summed E-state index contributed by atoms with van der Waals surface area (Å²) in [5.41, 5.74) is 6.20. The molecule has 0 aliphatic heterocycles. The van der Waals surface area contributed by atoms with Crippen molar-refractivity contribution in [3.8, 4) is 0 Å². The zero-order chi connectivity index (χ0) is 10.4. The van der Waals surface area contributed by atoms with Gasteiger partial charge in [-0.3, -0.25) is 10.2 Å². The maximum atomic E-state index is 11.5. The minimum Gasteiger partial charge on any atom is -0.287 e. The lowest BCUT2D eigenvalue weighted by atomic mass is 10.2. The van der Waals surface area contributed by atoms with Crippen molar-refractivity contribution < 1.29 is 4.79 Å². The molecule has 1 rings (SSSR count). The second-order valence-electron chi connectivity index (χ2n) is 3.59. The topological polar surface area (TPSA) is 41.1 Å². The monoisotopic (exact) mass is 192 g/mol. The van der Waals surface area contributed by atoms with Gasteiger partial charge in [-0.1, -0.05) is 32.0 Å². The molecule has 3 heteroatoms. The molecule has 1 aromatic rings. The molecule has 0 bridgehead atoms. The second-order valence-corrected chi connectivity index (χ2v) is 3.59. The van der Waals surface area contributed by atoms with Gasteiger partial charge in [-0.2, -0.15) is 0 Å². The molecule has 0 unspecified atom stereocenters. The molecule has 1 aromatic carbocycles. The zero-order valence-corrected chi connectivity index (χ0v) is 8.58. The molecule has 76 valence electrons. The summed E-state index contributed by atoms with van der Waals surface area (Å²) in [7, 11) is 0. The van der Waals surface area contributed by atoms with E-state index in [1.54, 1.807) is 12.1 Å². The Morgan fingerprint density at radius 3 is 2.50 bits per heavy atom. The second kappa shape index (κ2) is 5.40. The number of amides is 1. The Kier molecular flexibility index (Phi) is 4.13. The van der Waals surface area contributed by atoms with E-state index in [4.69, 9.17) is 0 Å². The van der Waals surface area contributed by atoms with Crippen molar-refractivity contribution in [1.29, 1.82) is 0 Å². The van der Waals surface area contributed by atoms with Gasteiger partial charge in [-0.25, -0.2) is 5.43 Å². The Balaban J connectivity index is 2.36. The van der Waals surface area contributed by atoms with Gasteiger partial charge >= 0.3 is 0 Å². The lowest BCUT2D eigenvalue weighted by Gasteiger charge is -2.08. The van der Waals surface area contributed by atoms with Crippen LogP contribution in [0.2, 0.25) is 0 Å². The van der Waals surface area contributed by atoms with Gasteiger partial charge in [0.05, 0.1) is 0 Å². The third kappa shape index (κ3) is 3.58. The molecule has 0 fully saturated rings. The van der Waals surface area contributed by atoms with Crippen LogP contribution in [0.25, 0.3) is 0 Å². The van der Waals surface area contributed by atoms with Crippen LogP contribution >= 0.6 is 0 Å². The van der Waals surface area contributed by atoms with Crippen LogP contribution in [0.5, 0.6) is 0 Å². The maximum absolute atomic E-state index is 11.5. The van der Waals surface area contributed by atoms with Crippen LogP contribution in [0.1, 0.15) is 24.2 Å². The quantitative estimate of drug-likeness (QED) is 0.711. The minimum absolute atomic E-state index is 0.0914. The molecular formula is C11H16N2O. The number of nitrogens with one attached hydrogen (secondary N) is 2. The fourth-order valence-corrected chi connectivity index (χ4v) is 0.997.